The van der Waals surface area contributed by atoms with Gasteiger partial charge < -0.3 is 24.7 Å². The summed E-state index contributed by atoms with van der Waals surface area (Å²) in [6.45, 7) is 4.85. The standard InChI is InChI=1S/C27H38N4O4/c1-3-20(32)8-5-4-6-10-22(30-27(33)19-12-14-31(2)15-13-19)26-28-18-23(29-26)21-9-7-11-24-25(21)35-17-16-34-24/h7,9,11,18-19,22H,3-6,8,10,12-17H2,1-2H3,(H,28,29)(H,30,33)/t22-/m0/s1. The zero-order valence-corrected chi connectivity index (χ0v) is 21.0. The maximum atomic E-state index is 13.1. The molecule has 4 rings (SSSR count). The molecule has 35 heavy (non-hydrogen) atoms. The quantitative estimate of drug-likeness (QED) is 0.464. The predicted octanol–water partition coefficient (Wildman–Crippen LogP) is 4.28. The molecule has 0 bridgehead atoms. The molecule has 8 heteroatoms. The first-order valence-electron chi connectivity index (χ1n) is 13.0. The van der Waals surface area contributed by atoms with Gasteiger partial charge in [0.15, 0.2) is 11.5 Å². The van der Waals surface area contributed by atoms with Crippen LogP contribution in [0.1, 0.15) is 70.2 Å². The van der Waals surface area contributed by atoms with E-state index in [1.807, 2.05) is 25.1 Å². The molecule has 1 fully saturated rings. The molecular formula is C27H38N4O4. The molecule has 2 aliphatic heterocycles. The van der Waals surface area contributed by atoms with E-state index in [1.165, 1.54) is 0 Å². The number of carbonyl (C=O) groups is 2. The fraction of sp³-hybridized carbons (Fsp3) is 0.593. The van der Waals surface area contributed by atoms with Crippen molar-refractivity contribution in [3.8, 4) is 22.8 Å². The fourth-order valence-electron chi connectivity index (χ4n) is 4.80. The molecule has 0 spiro atoms. The van der Waals surface area contributed by atoms with Crippen molar-refractivity contribution in [2.24, 2.45) is 5.92 Å². The molecule has 0 unspecified atom stereocenters. The van der Waals surface area contributed by atoms with Crippen molar-refractivity contribution in [1.29, 1.82) is 0 Å². The molecule has 1 aromatic heterocycles. The van der Waals surface area contributed by atoms with Gasteiger partial charge in [-0.15, -0.1) is 0 Å². The number of nitrogens with one attached hydrogen (secondary N) is 2. The Balaban J connectivity index is 1.46. The summed E-state index contributed by atoms with van der Waals surface area (Å²) in [4.78, 5) is 35.1. The third-order valence-electron chi connectivity index (χ3n) is 7.03. The highest BCUT2D eigenvalue weighted by atomic mass is 16.6. The summed E-state index contributed by atoms with van der Waals surface area (Å²) in [7, 11) is 2.10. The van der Waals surface area contributed by atoms with Crippen LogP contribution in [0.25, 0.3) is 11.3 Å². The molecule has 1 aromatic carbocycles. The monoisotopic (exact) mass is 482 g/mol. The van der Waals surface area contributed by atoms with Crippen molar-refractivity contribution in [3.05, 3.63) is 30.2 Å². The number of hydrogen-bond donors (Lipinski definition) is 2. The third kappa shape index (κ3) is 6.63. The number of nitrogens with zero attached hydrogens (tertiary/aromatic N) is 2. The number of para-hydroxylation sites is 1. The van der Waals surface area contributed by atoms with Crippen LogP contribution in [0.2, 0.25) is 0 Å². The number of likely N-dealkylation sites (tertiary alicyclic amines) is 1. The summed E-state index contributed by atoms with van der Waals surface area (Å²) in [5, 5.41) is 3.28. The lowest BCUT2D eigenvalue weighted by atomic mass is 9.95. The Labute approximate surface area is 207 Å². The van der Waals surface area contributed by atoms with E-state index >= 15 is 0 Å². The molecule has 0 aliphatic carbocycles. The molecule has 2 aromatic rings. The van der Waals surface area contributed by atoms with Gasteiger partial charge in [-0.2, -0.15) is 0 Å². The highest BCUT2D eigenvalue weighted by molar-refractivity contribution is 5.79. The first kappa shape index (κ1) is 25.2. The van der Waals surface area contributed by atoms with Crippen LogP contribution >= 0.6 is 0 Å². The van der Waals surface area contributed by atoms with E-state index in [1.54, 1.807) is 6.20 Å². The lowest BCUT2D eigenvalue weighted by Crippen LogP contribution is -2.40. The summed E-state index contributed by atoms with van der Waals surface area (Å²) in [6.07, 6.45) is 8.34. The van der Waals surface area contributed by atoms with E-state index in [9.17, 15) is 9.59 Å². The Bertz CT molecular complexity index is 997. The van der Waals surface area contributed by atoms with Crippen molar-refractivity contribution in [3.63, 3.8) is 0 Å². The number of unbranched alkanes of at least 4 members (excludes halogenated alkanes) is 2. The molecule has 190 valence electrons. The van der Waals surface area contributed by atoms with E-state index in [-0.39, 0.29) is 17.9 Å². The van der Waals surface area contributed by atoms with E-state index < -0.39 is 0 Å². The van der Waals surface area contributed by atoms with E-state index in [4.69, 9.17) is 9.47 Å². The number of ether oxygens (including phenoxy) is 2. The van der Waals surface area contributed by atoms with Crippen LogP contribution in [-0.2, 0) is 9.59 Å². The minimum absolute atomic E-state index is 0.0389. The van der Waals surface area contributed by atoms with Crippen molar-refractivity contribution in [2.75, 3.05) is 33.4 Å². The number of imidazole rings is 1. The number of ketones is 1. The minimum atomic E-state index is -0.200. The summed E-state index contributed by atoms with van der Waals surface area (Å²) in [5.74, 6) is 2.67. The van der Waals surface area contributed by atoms with Gasteiger partial charge in [0, 0.05) is 24.3 Å². The van der Waals surface area contributed by atoms with E-state index in [0.717, 1.165) is 80.2 Å². The Morgan fingerprint density at radius 1 is 1.17 bits per heavy atom. The Kier molecular flexibility index (Phi) is 8.79. The third-order valence-corrected chi connectivity index (χ3v) is 7.03. The zero-order chi connectivity index (χ0) is 24.6. The number of benzene rings is 1. The van der Waals surface area contributed by atoms with Crippen LogP contribution in [0.5, 0.6) is 11.5 Å². The summed E-state index contributed by atoms with van der Waals surface area (Å²) in [6, 6.07) is 5.64. The lowest BCUT2D eigenvalue weighted by molar-refractivity contribution is -0.127. The normalized spacial score (nSPS) is 17.2. The lowest BCUT2D eigenvalue weighted by Gasteiger charge is -2.29. The number of hydrogen-bond acceptors (Lipinski definition) is 6. The van der Waals surface area contributed by atoms with Crippen LogP contribution < -0.4 is 14.8 Å². The van der Waals surface area contributed by atoms with Gasteiger partial charge >= 0.3 is 0 Å². The molecule has 2 N–H and O–H groups in total. The molecular weight excluding hydrogens is 444 g/mol. The minimum Gasteiger partial charge on any atom is -0.486 e. The number of H-pyrrole nitrogens is 1. The Hall–Kier alpha value is -2.87. The largest absolute Gasteiger partial charge is 0.486 e. The summed E-state index contributed by atoms with van der Waals surface area (Å²) >= 11 is 0. The number of piperidine rings is 1. The summed E-state index contributed by atoms with van der Waals surface area (Å²) in [5.41, 5.74) is 1.74. The predicted molar refractivity (Wildman–Crippen MR) is 135 cm³/mol. The fourth-order valence-corrected chi connectivity index (χ4v) is 4.80. The SMILES string of the molecule is CCC(=O)CCCCC[C@H](NC(=O)C1CCN(C)CC1)c1ncc(-c2cccc3c2OCCO3)[nH]1. The Morgan fingerprint density at radius 3 is 2.77 bits per heavy atom. The number of aromatic nitrogens is 2. The van der Waals surface area contributed by atoms with Crippen LogP contribution in [0.15, 0.2) is 24.4 Å². The number of carbonyl (C=O) groups excluding carboxylic acids is 2. The second-order valence-electron chi connectivity index (χ2n) is 9.64. The Morgan fingerprint density at radius 2 is 1.97 bits per heavy atom. The van der Waals surface area contributed by atoms with Crippen molar-refractivity contribution in [1.82, 2.24) is 20.2 Å². The maximum absolute atomic E-state index is 13.1. The number of amides is 1. The molecule has 2 aliphatic rings. The molecule has 3 heterocycles. The molecule has 1 amide bonds. The van der Waals surface area contributed by atoms with Gasteiger partial charge in [-0.1, -0.05) is 25.8 Å². The molecule has 1 atom stereocenters. The van der Waals surface area contributed by atoms with Crippen LogP contribution in [0.3, 0.4) is 0 Å². The summed E-state index contributed by atoms with van der Waals surface area (Å²) < 4.78 is 11.6. The van der Waals surface area contributed by atoms with Crippen LogP contribution in [0.4, 0.5) is 0 Å². The first-order valence-corrected chi connectivity index (χ1v) is 13.0. The second kappa shape index (κ2) is 12.2. The molecule has 8 nitrogen and oxygen atoms in total. The van der Waals surface area contributed by atoms with Gasteiger partial charge in [0.25, 0.3) is 0 Å². The van der Waals surface area contributed by atoms with Gasteiger partial charge in [-0.25, -0.2) is 4.98 Å². The van der Waals surface area contributed by atoms with Crippen LogP contribution in [-0.4, -0.2) is 59.9 Å². The average Bonchev–Trinajstić information content (AvgIpc) is 3.37. The van der Waals surface area contributed by atoms with Crippen molar-refractivity contribution >= 4 is 11.7 Å². The smallest absolute Gasteiger partial charge is 0.223 e. The maximum Gasteiger partial charge on any atom is 0.223 e. The average molecular weight is 483 g/mol. The number of rotatable bonds is 11. The van der Waals surface area contributed by atoms with Gasteiger partial charge in [0.2, 0.25) is 5.91 Å². The first-order chi connectivity index (χ1) is 17.0. The molecule has 1 saturated heterocycles. The highest BCUT2D eigenvalue weighted by Gasteiger charge is 2.27. The van der Waals surface area contributed by atoms with E-state index in [0.29, 0.717) is 31.8 Å². The number of fused-ring (bicyclic) bond motifs is 1. The molecule has 0 radical (unpaired) electrons. The zero-order valence-electron chi connectivity index (χ0n) is 21.0. The van der Waals surface area contributed by atoms with Gasteiger partial charge in [0.05, 0.1) is 17.9 Å². The number of Topliss-reactive ketones (excluding diaryl/α,β-unsaturated/α-hetero) is 1. The van der Waals surface area contributed by atoms with Crippen molar-refractivity contribution in [2.45, 2.75) is 64.3 Å². The van der Waals surface area contributed by atoms with Crippen LogP contribution in [0, 0.1) is 5.92 Å². The molecule has 0 saturated carbocycles. The number of aromatic amines is 1. The van der Waals surface area contributed by atoms with E-state index in [2.05, 4.69) is 27.2 Å². The van der Waals surface area contributed by atoms with Gasteiger partial charge in [-0.05, 0) is 58.0 Å². The van der Waals surface area contributed by atoms with Gasteiger partial charge in [0.1, 0.15) is 24.8 Å². The second-order valence-corrected chi connectivity index (χ2v) is 9.64. The van der Waals surface area contributed by atoms with Gasteiger partial charge in [-0.3, -0.25) is 9.59 Å². The van der Waals surface area contributed by atoms with Crippen molar-refractivity contribution < 1.29 is 19.1 Å². The topological polar surface area (TPSA) is 96.6 Å². The highest BCUT2D eigenvalue weighted by Crippen LogP contribution is 2.39.